The van der Waals surface area contributed by atoms with Crippen LogP contribution in [-0.4, -0.2) is 46.0 Å². The van der Waals surface area contributed by atoms with Crippen molar-refractivity contribution in [1.29, 1.82) is 0 Å². The topological polar surface area (TPSA) is 101 Å². The summed E-state index contributed by atoms with van der Waals surface area (Å²) < 4.78 is 5.37. The third-order valence-corrected chi connectivity index (χ3v) is 8.04. The second kappa shape index (κ2) is 11.8. The van der Waals surface area contributed by atoms with Crippen LogP contribution in [0.15, 0.2) is 72.8 Å². The molecule has 1 saturated heterocycles. The number of Topliss-reactive ketones (excluding diaryl/α,β-unsaturated/α-hetero) is 1. The Morgan fingerprint density at radius 2 is 1.56 bits per heavy atom. The molecule has 1 heterocycles. The molecule has 0 unspecified atom stereocenters. The summed E-state index contributed by atoms with van der Waals surface area (Å²) in [6.45, 7) is 1.44. The first-order chi connectivity index (χ1) is 19.6. The van der Waals surface area contributed by atoms with Gasteiger partial charge < -0.3 is 4.74 Å². The summed E-state index contributed by atoms with van der Waals surface area (Å²) >= 11 is 12.3. The smallest absolute Gasteiger partial charge is 0.343 e. The molecule has 2 aliphatic rings. The van der Waals surface area contributed by atoms with Crippen molar-refractivity contribution in [2.24, 2.45) is 17.8 Å². The van der Waals surface area contributed by atoms with Gasteiger partial charge in [0, 0.05) is 10.6 Å². The molecule has 210 valence electrons. The minimum Gasteiger partial charge on any atom is -0.423 e. The van der Waals surface area contributed by atoms with Gasteiger partial charge in [0.1, 0.15) is 12.3 Å². The summed E-state index contributed by atoms with van der Waals surface area (Å²) in [7, 11) is 0. The van der Waals surface area contributed by atoms with E-state index in [0.29, 0.717) is 23.4 Å². The number of ether oxygens (including phenoxy) is 1. The number of carbonyl (C=O) groups excluding carboxylic acids is 5. The Bertz CT molecular complexity index is 1530. The summed E-state index contributed by atoms with van der Waals surface area (Å²) in [5.41, 5.74) is 0.558. The van der Waals surface area contributed by atoms with Crippen molar-refractivity contribution < 1.29 is 28.7 Å². The summed E-state index contributed by atoms with van der Waals surface area (Å²) in [5.74, 6) is -3.46. The van der Waals surface area contributed by atoms with E-state index in [2.05, 4.69) is 0 Å². The molecule has 3 aromatic carbocycles. The maximum absolute atomic E-state index is 13.7. The number of imide groups is 1. The highest BCUT2D eigenvalue weighted by atomic mass is 35.5. The molecule has 0 spiro atoms. The number of ketones is 1. The minimum absolute atomic E-state index is 0.00382. The van der Waals surface area contributed by atoms with Crippen LogP contribution in [-0.2, 0) is 9.59 Å². The van der Waals surface area contributed by atoms with Crippen molar-refractivity contribution in [1.82, 2.24) is 10.0 Å². The molecule has 0 radical (unpaired) electrons. The van der Waals surface area contributed by atoms with E-state index < -0.39 is 47.9 Å². The van der Waals surface area contributed by atoms with Crippen LogP contribution in [0, 0.1) is 17.8 Å². The summed E-state index contributed by atoms with van der Waals surface area (Å²) in [6.07, 6.45) is 1.87. The fourth-order valence-corrected chi connectivity index (χ4v) is 5.81. The molecule has 3 amide bonds. The van der Waals surface area contributed by atoms with Gasteiger partial charge in [0.05, 0.1) is 28.0 Å². The van der Waals surface area contributed by atoms with E-state index >= 15 is 0 Å². The number of fused-ring (bicyclic) bond motifs is 1. The lowest BCUT2D eigenvalue weighted by molar-refractivity contribution is -0.154. The maximum atomic E-state index is 13.7. The van der Waals surface area contributed by atoms with Crippen LogP contribution in [0.4, 0.5) is 0 Å². The van der Waals surface area contributed by atoms with Gasteiger partial charge in [0.15, 0.2) is 5.78 Å². The lowest BCUT2D eigenvalue weighted by Crippen LogP contribution is -2.52. The van der Waals surface area contributed by atoms with Gasteiger partial charge >= 0.3 is 5.97 Å². The minimum atomic E-state index is -0.776. The Kier molecular flexibility index (Phi) is 8.24. The number of nitrogens with zero attached hydrogens (tertiary/aromatic N) is 2. The average molecular weight is 593 g/mol. The quantitative estimate of drug-likeness (QED) is 0.147. The zero-order valence-corrected chi connectivity index (χ0v) is 23.6. The Morgan fingerprint density at radius 1 is 0.878 bits per heavy atom. The standard InChI is InChI=1S/C31H26Cl2N2O6/c1-18-7-13-23-25(15-18)30(39)35(29(23)38)34(28(37)24-14-10-21(32)16-26(24)33)17-27(36)19-8-11-22(12-9-19)41-31(40)20-5-3-2-4-6-20/h2-6,8-12,14,16,18,23,25H,7,13,15,17H2,1H3/t18-,23-,25+/m1/s1. The van der Waals surface area contributed by atoms with Crippen molar-refractivity contribution in [3.8, 4) is 5.75 Å². The second-order valence-corrected chi connectivity index (χ2v) is 11.2. The van der Waals surface area contributed by atoms with Crippen molar-refractivity contribution in [3.05, 3.63) is 99.5 Å². The molecule has 0 aromatic heterocycles. The Hall–Kier alpha value is -4.01. The highest BCUT2D eigenvalue weighted by Crippen LogP contribution is 2.41. The van der Waals surface area contributed by atoms with E-state index in [-0.39, 0.29) is 27.8 Å². The molecule has 3 aromatic rings. The molecule has 1 aliphatic carbocycles. The number of hydrazine groups is 1. The van der Waals surface area contributed by atoms with Crippen LogP contribution in [0.1, 0.15) is 57.3 Å². The van der Waals surface area contributed by atoms with Crippen LogP contribution in [0.5, 0.6) is 5.75 Å². The number of hydrogen-bond donors (Lipinski definition) is 0. The molecule has 3 atom stereocenters. The van der Waals surface area contributed by atoms with E-state index in [1.54, 1.807) is 30.3 Å². The van der Waals surface area contributed by atoms with Crippen molar-refractivity contribution in [2.75, 3.05) is 6.54 Å². The predicted molar refractivity (Wildman–Crippen MR) is 152 cm³/mol. The SMILES string of the molecule is C[C@@H]1CC[C@H]2C(=O)N(N(CC(=O)c3ccc(OC(=O)c4ccccc4)cc3)C(=O)c3ccc(Cl)cc3Cl)C(=O)[C@H]2C1. The lowest BCUT2D eigenvalue weighted by Gasteiger charge is -2.30. The lowest BCUT2D eigenvalue weighted by atomic mass is 9.76. The fourth-order valence-electron chi connectivity index (χ4n) is 5.32. The molecule has 0 bridgehead atoms. The predicted octanol–water partition coefficient (Wildman–Crippen LogP) is 5.87. The zero-order chi connectivity index (χ0) is 29.3. The van der Waals surface area contributed by atoms with E-state index in [1.165, 1.54) is 42.5 Å². The number of carbonyl (C=O) groups is 5. The number of benzene rings is 3. The summed E-state index contributed by atoms with van der Waals surface area (Å²) in [4.78, 5) is 66.5. The molecule has 5 rings (SSSR count). The summed E-state index contributed by atoms with van der Waals surface area (Å²) in [5, 5.41) is 2.04. The van der Waals surface area contributed by atoms with Gasteiger partial charge in [-0.1, -0.05) is 48.3 Å². The van der Waals surface area contributed by atoms with E-state index in [4.69, 9.17) is 27.9 Å². The molecule has 2 fully saturated rings. The highest BCUT2D eigenvalue weighted by Gasteiger charge is 2.53. The zero-order valence-electron chi connectivity index (χ0n) is 22.1. The van der Waals surface area contributed by atoms with Crippen LogP contribution in [0.2, 0.25) is 10.0 Å². The normalized spacial score (nSPS) is 20.0. The third-order valence-electron chi connectivity index (χ3n) is 7.49. The van der Waals surface area contributed by atoms with Crippen LogP contribution in [0.3, 0.4) is 0 Å². The first kappa shape index (κ1) is 28.5. The Morgan fingerprint density at radius 3 is 2.24 bits per heavy atom. The first-order valence-electron chi connectivity index (χ1n) is 13.2. The van der Waals surface area contributed by atoms with Crippen molar-refractivity contribution in [3.63, 3.8) is 0 Å². The van der Waals surface area contributed by atoms with Gasteiger partial charge in [-0.05, 0) is 79.8 Å². The van der Waals surface area contributed by atoms with Gasteiger partial charge in [-0.25, -0.2) is 9.80 Å². The van der Waals surface area contributed by atoms with Gasteiger partial charge in [-0.3, -0.25) is 19.2 Å². The molecular weight excluding hydrogens is 567 g/mol. The van der Waals surface area contributed by atoms with Gasteiger partial charge in [-0.2, -0.15) is 5.01 Å². The van der Waals surface area contributed by atoms with Gasteiger partial charge in [-0.15, -0.1) is 0 Å². The maximum Gasteiger partial charge on any atom is 0.343 e. The molecule has 41 heavy (non-hydrogen) atoms. The van der Waals surface area contributed by atoms with Crippen LogP contribution < -0.4 is 4.74 Å². The van der Waals surface area contributed by atoms with Gasteiger partial charge in [0.25, 0.3) is 17.7 Å². The number of amides is 3. The van der Waals surface area contributed by atoms with Crippen molar-refractivity contribution in [2.45, 2.75) is 26.2 Å². The average Bonchev–Trinajstić information content (AvgIpc) is 3.20. The molecule has 1 aliphatic heterocycles. The molecule has 0 N–H and O–H groups in total. The molecule has 10 heteroatoms. The summed E-state index contributed by atoms with van der Waals surface area (Å²) in [6, 6.07) is 18.5. The fraction of sp³-hybridized carbons (Fsp3) is 0.258. The Labute approximate surface area is 246 Å². The second-order valence-electron chi connectivity index (χ2n) is 10.3. The monoisotopic (exact) mass is 592 g/mol. The van der Waals surface area contributed by atoms with E-state index in [9.17, 15) is 24.0 Å². The number of hydrogen-bond acceptors (Lipinski definition) is 6. The largest absolute Gasteiger partial charge is 0.423 e. The number of halogens is 2. The van der Waals surface area contributed by atoms with Crippen molar-refractivity contribution >= 4 is 52.7 Å². The third kappa shape index (κ3) is 5.89. The van der Waals surface area contributed by atoms with E-state index in [0.717, 1.165) is 16.4 Å². The highest BCUT2D eigenvalue weighted by molar-refractivity contribution is 6.36. The van der Waals surface area contributed by atoms with Crippen LogP contribution >= 0.6 is 23.2 Å². The van der Waals surface area contributed by atoms with Gasteiger partial charge in [0.2, 0.25) is 0 Å². The first-order valence-corrected chi connectivity index (χ1v) is 13.9. The van der Waals surface area contributed by atoms with Crippen LogP contribution in [0.25, 0.3) is 0 Å². The van der Waals surface area contributed by atoms with E-state index in [1.807, 2.05) is 6.92 Å². The molecular formula is C31H26Cl2N2O6. The molecule has 8 nitrogen and oxygen atoms in total. The molecule has 1 saturated carbocycles. The number of esters is 1. The Balaban J connectivity index is 1.40. The number of rotatable bonds is 7.